The van der Waals surface area contributed by atoms with Crippen molar-refractivity contribution in [3.63, 3.8) is 0 Å². The largest absolute Gasteiger partial charge is 0.496 e. The van der Waals surface area contributed by atoms with Gasteiger partial charge in [0.1, 0.15) is 5.75 Å². The Kier molecular flexibility index (Phi) is 6.54. The van der Waals surface area contributed by atoms with Gasteiger partial charge in [-0.1, -0.05) is 31.0 Å². The lowest BCUT2D eigenvalue weighted by molar-refractivity contribution is -0.131. The molecule has 1 aliphatic rings. The zero-order valence-electron chi connectivity index (χ0n) is 12.9. The zero-order chi connectivity index (χ0) is 14.9. The minimum Gasteiger partial charge on any atom is -0.496 e. The van der Waals surface area contributed by atoms with Gasteiger partial charge in [-0.15, -0.1) is 0 Å². The smallest absolute Gasteiger partial charge is 0.223 e. The Labute approximate surface area is 127 Å². The molecule has 4 heteroatoms. The summed E-state index contributed by atoms with van der Waals surface area (Å²) in [6.45, 7) is 3.32. The molecule has 0 aliphatic carbocycles. The molecule has 1 fully saturated rings. The number of hydrogen-bond donors (Lipinski definition) is 1. The number of nitrogens with zero attached hydrogens (tertiary/aromatic N) is 1. The van der Waals surface area contributed by atoms with Crippen molar-refractivity contribution in [2.45, 2.75) is 38.6 Å². The second kappa shape index (κ2) is 8.67. The number of methoxy groups -OCH3 is 1. The molecule has 1 aliphatic heterocycles. The molecule has 1 amide bonds. The summed E-state index contributed by atoms with van der Waals surface area (Å²) < 4.78 is 5.32. The molecule has 0 bridgehead atoms. The van der Waals surface area contributed by atoms with Crippen LogP contribution in [0.4, 0.5) is 0 Å². The summed E-state index contributed by atoms with van der Waals surface area (Å²) in [5.41, 5.74) is 1.13. The maximum atomic E-state index is 12.1. The maximum absolute atomic E-state index is 12.1. The summed E-state index contributed by atoms with van der Waals surface area (Å²) in [5, 5.41) is 3.33. The lowest BCUT2D eigenvalue weighted by Gasteiger charge is -2.20. The first-order valence-corrected chi connectivity index (χ1v) is 7.91. The molecular weight excluding hydrogens is 264 g/mol. The molecule has 1 aromatic carbocycles. The van der Waals surface area contributed by atoms with Crippen LogP contribution in [0.2, 0.25) is 0 Å². The number of hydrogen-bond acceptors (Lipinski definition) is 3. The number of likely N-dealkylation sites (tertiary alicyclic amines) is 1. The Morgan fingerprint density at radius 1 is 1.19 bits per heavy atom. The van der Waals surface area contributed by atoms with Crippen LogP contribution in [-0.4, -0.2) is 37.6 Å². The number of benzene rings is 1. The van der Waals surface area contributed by atoms with Crippen LogP contribution in [0.5, 0.6) is 5.75 Å². The van der Waals surface area contributed by atoms with Crippen molar-refractivity contribution in [2.75, 3.05) is 26.7 Å². The van der Waals surface area contributed by atoms with Gasteiger partial charge in [-0.25, -0.2) is 0 Å². The normalized spacial score (nSPS) is 15.6. The molecule has 21 heavy (non-hydrogen) atoms. The second-order valence-corrected chi connectivity index (χ2v) is 5.53. The van der Waals surface area contributed by atoms with Gasteiger partial charge in [0, 0.05) is 38.2 Å². The highest BCUT2D eigenvalue weighted by atomic mass is 16.5. The van der Waals surface area contributed by atoms with E-state index in [1.807, 2.05) is 29.2 Å². The van der Waals surface area contributed by atoms with Crippen molar-refractivity contribution in [1.82, 2.24) is 10.2 Å². The molecule has 0 spiro atoms. The van der Waals surface area contributed by atoms with Gasteiger partial charge < -0.3 is 15.0 Å². The van der Waals surface area contributed by atoms with Crippen molar-refractivity contribution < 1.29 is 9.53 Å². The van der Waals surface area contributed by atoms with Crippen LogP contribution >= 0.6 is 0 Å². The second-order valence-electron chi connectivity index (χ2n) is 5.53. The van der Waals surface area contributed by atoms with Crippen molar-refractivity contribution in [2.24, 2.45) is 0 Å². The molecule has 0 saturated carbocycles. The minimum atomic E-state index is 0.282. The van der Waals surface area contributed by atoms with E-state index < -0.39 is 0 Å². The zero-order valence-corrected chi connectivity index (χ0v) is 12.9. The third kappa shape index (κ3) is 5.05. The fourth-order valence-corrected chi connectivity index (χ4v) is 2.75. The fourth-order valence-electron chi connectivity index (χ4n) is 2.75. The number of carbonyl (C=O) groups is 1. The van der Waals surface area contributed by atoms with E-state index in [0.29, 0.717) is 13.0 Å². The van der Waals surface area contributed by atoms with E-state index in [0.717, 1.165) is 43.8 Å². The summed E-state index contributed by atoms with van der Waals surface area (Å²) in [4.78, 5) is 14.2. The average Bonchev–Trinajstić information content (AvgIpc) is 2.81. The van der Waals surface area contributed by atoms with Gasteiger partial charge in [0.05, 0.1) is 7.11 Å². The average molecular weight is 290 g/mol. The summed E-state index contributed by atoms with van der Waals surface area (Å²) in [6.07, 6.45) is 5.40. The Hall–Kier alpha value is -1.55. The van der Waals surface area contributed by atoms with Gasteiger partial charge in [0.2, 0.25) is 5.91 Å². The molecular formula is C17H26N2O2. The van der Waals surface area contributed by atoms with Crippen molar-refractivity contribution in [3.8, 4) is 5.75 Å². The summed E-state index contributed by atoms with van der Waals surface area (Å²) in [6, 6.07) is 7.97. The van der Waals surface area contributed by atoms with Crippen LogP contribution in [0.3, 0.4) is 0 Å². The van der Waals surface area contributed by atoms with Gasteiger partial charge in [0.25, 0.3) is 0 Å². The van der Waals surface area contributed by atoms with Crippen LogP contribution in [0.25, 0.3) is 0 Å². The van der Waals surface area contributed by atoms with E-state index in [-0.39, 0.29) is 5.91 Å². The number of amides is 1. The Morgan fingerprint density at radius 2 is 1.90 bits per heavy atom. The predicted molar refractivity (Wildman–Crippen MR) is 84.4 cm³/mol. The Bertz CT molecular complexity index is 440. The number of carbonyl (C=O) groups excluding carboxylic acids is 1. The third-order valence-electron chi connectivity index (χ3n) is 3.98. The molecule has 4 nitrogen and oxygen atoms in total. The molecule has 0 aromatic heterocycles. The molecule has 1 heterocycles. The summed E-state index contributed by atoms with van der Waals surface area (Å²) in [7, 11) is 1.68. The van der Waals surface area contributed by atoms with E-state index in [1.165, 1.54) is 12.8 Å². The van der Waals surface area contributed by atoms with Crippen molar-refractivity contribution in [3.05, 3.63) is 29.8 Å². The van der Waals surface area contributed by atoms with E-state index in [1.54, 1.807) is 7.11 Å². The first-order chi connectivity index (χ1) is 10.3. The number of nitrogens with one attached hydrogen (secondary N) is 1. The van der Waals surface area contributed by atoms with Gasteiger partial charge >= 0.3 is 0 Å². The SMILES string of the molecule is COc1ccccc1CNCCC(=O)N1CCCCCC1. The van der Waals surface area contributed by atoms with Crippen LogP contribution in [-0.2, 0) is 11.3 Å². The quantitative estimate of drug-likeness (QED) is 0.819. The summed E-state index contributed by atoms with van der Waals surface area (Å²) in [5.74, 6) is 1.17. The first-order valence-electron chi connectivity index (χ1n) is 7.91. The molecule has 0 radical (unpaired) electrons. The Balaban J connectivity index is 1.70. The van der Waals surface area contributed by atoms with E-state index in [9.17, 15) is 4.79 Å². The molecule has 1 aromatic rings. The van der Waals surface area contributed by atoms with Gasteiger partial charge in [-0.2, -0.15) is 0 Å². The molecule has 1 saturated heterocycles. The van der Waals surface area contributed by atoms with Gasteiger partial charge in [0.15, 0.2) is 0 Å². The first kappa shape index (κ1) is 15.8. The van der Waals surface area contributed by atoms with Gasteiger partial charge in [-0.3, -0.25) is 4.79 Å². The fraction of sp³-hybridized carbons (Fsp3) is 0.588. The highest BCUT2D eigenvalue weighted by Crippen LogP contribution is 2.16. The highest BCUT2D eigenvalue weighted by molar-refractivity contribution is 5.76. The van der Waals surface area contributed by atoms with E-state index in [2.05, 4.69) is 5.32 Å². The molecule has 0 unspecified atom stereocenters. The summed E-state index contributed by atoms with van der Waals surface area (Å²) >= 11 is 0. The molecule has 2 rings (SSSR count). The monoisotopic (exact) mass is 290 g/mol. The predicted octanol–water partition coefficient (Wildman–Crippen LogP) is 2.58. The lowest BCUT2D eigenvalue weighted by Crippen LogP contribution is -2.33. The van der Waals surface area contributed by atoms with Crippen molar-refractivity contribution >= 4 is 5.91 Å². The maximum Gasteiger partial charge on any atom is 0.223 e. The van der Waals surface area contributed by atoms with E-state index >= 15 is 0 Å². The van der Waals surface area contributed by atoms with E-state index in [4.69, 9.17) is 4.74 Å². The van der Waals surface area contributed by atoms with Crippen LogP contribution in [0.1, 0.15) is 37.7 Å². The third-order valence-corrected chi connectivity index (χ3v) is 3.98. The highest BCUT2D eigenvalue weighted by Gasteiger charge is 2.14. The van der Waals surface area contributed by atoms with Crippen LogP contribution in [0.15, 0.2) is 24.3 Å². The Morgan fingerprint density at radius 3 is 2.62 bits per heavy atom. The molecule has 1 N–H and O–H groups in total. The lowest BCUT2D eigenvalue weighted by atomic mass is 10.2. The minimum absolute atomic E-state index is 0.282. The topological polar surface area (TPSA) is 41.6 Å². The van der Waals surface area contributed by atoms with Crippen molar-refractivity contribution in [1.29, 1.82) is 0 Å². The van der Waals surface area contributed by atoms with Crippen LogP contribution in [0, 0.1) is 0 Å². The molecule has 116 valence electrons. The number of para-hydroxylation sites is 1. The van der Waals surface area contributed by atoms with Crippen LogP contribution < -0.4 is 10.1 Å². The number of ether oxygens (including phenoxy) is 1. The van der Waals surface area contributed by atoms with Gasteiger partial charge in [-0.05, 0) is 18.9 Å². The number of rotatable bonds is 6. The molecule has 0 atom stereocenters. The standard InChI is InChI=1S/C17H26N2O2/c1-21-16-9-5-4-8-15(16)14-18-11-10-17(20)19-12-6-2-3-7-13-19/h4-5,8-9,18H,2-3,6-7,10-14H2,1H3.